The van der Waals surface area contributed by atoms with Gasteiger partial charge in [0.15, 0.2) is 0 Å². The molecule has 5 rings (SSSR count). The van der Waals surface area contributed by atoms with Gasteiger partial charge in [-0.15, -0.1) is 0 Å². The Labute approximate surface area is 227 Å². The topological polar surface area (TPSA) is 144 Å². The number of pyridine rings is 1. The molecule has 0 unspecified atom stereocenters. The molecule has 1 saturated carbocycles. The number of nitrogen functional groups attached to an aromatic ring is 1. The van der Waals surface area contributed by atoms with E-state index in [4.69, 9.17) is 15.6 Å². The molecular weight excluding hydrogens is 496 g/mol. The van der Waals surface area contributed by atoms with E-state index in [9.17, 15) is 9.59 Å². The Morgan fingerprint density at radius 1 is 1.10 bits per heavy atom. The number of aliphatic carboxylic acids is 1. The third kappa shape index (κ3) is 6.45. The summed E-state index contributed by atoms with van der Waals surface area (Å²) in [7, 11) is 0. The summed E-state index contributed by atoms with van der Waals surface area (Å²) in [6.45, 7) is 1.27. The molecule has 2 aliphatic rings. The molecule has 0 radical (unpaired) electrons. The lowest BCUT2D eigenvalue weighted by Crippen LogP contribution is -2.32. The summed E-state index contributed by atoms with van der Waals surface area (Å²) < 4.78 is 5.84. The van der Waals surface area contributed by atoms with E-state index in [1.165, 1.54) is 5.56 Å². The largest absolute Gasteiger partial charge is 0.481 e. The van der Waals surface area contributed by atoms with E-state index in [1.807, 2.05) is 30.3 Å². The Hall–Kier alpha value is -4.21. The van der Waals surface area contributed by atoms with Crippen LogP contribution in [0.15, 0.2) is 48.7 Å². The molecule has 204 valence electrons. The molecule has 0 atom stereocenters. The van der Waals surface area contributed by atoms with E-state index in [0.717, 1.165) is 49.9 Å². The van der Waals surface area contributed by atoms with Crippen LogP contribution in [0.2, 0.25) is 0 Å². The van der Waals surface area contributed by atoms with Gasteiger partial charge >= 0.3 is 5.97 Å². The molecule has 4 N–H and O–H groups in total. The highest BCUT2D eigenvalue weighted by molar-refractivity contribution is 6.10. The SMILES string of the molecule is Nc1nc(NCCCc2ccccn2)nc2c1C(=O)N(c1ccc([C@H]3CC[C@H](CC(=O)O)CC3)cc1)CCO2. The van der Waals surface area contributed by atoms with Crippen LogP contribution < -0.4 is 20.7 Å². The molecule has 10 nitrogen and oxygen atoms in total. The van der Waals surface area contributed by atoms with Gasteiger partial charge in [0.2, 0.25) is 11.8 Å². The van der Waals surface area contributed by atoms with E-state index in [2.05, 4.69) is 32.4 Å². The first-order valence-corrected chi connectivity index (χ1v) is 13.6. The third-order valence-corrected chi connectivity index (χ3v) is 7.52. The van der Waals surface area contributed by atoms with Crippen LogP contribution in [0.3, 0.4) is 0 Å². The van der Waals surface area contributed by atoms with Crippen LogP contribution in [0.5, 0.6) is 5.88 Å². The number of hydrogen-bond acceptors (Lipinski definition) is 8. The zero-order chi connectivity index (χ0) is 27.2. The van der Waals surface area contributed by atoms with Crippen LogP contribution in [0.1, 0.15) is 66.1 Å². The van der Waals surface area contributed by atoms with Crippen molar-refractivity contribution in [1.82, 2.24) is 15.0 Å². The van der Waals surface area contributed by atoms with Gasteiger partial charge in [-0.2, -0.15) is 9.97 Å². The Morgan fingerprint density at radius 3 is 2.62 bits per heavy atom. The molecule has 1 aromatic carbocycles. The first-order chi connectivity index (χ1) is 19.0. The zero-order valence-corrected chi connectivity index (χ0v) is 21.9. The third-order valence-electron chi connectivity index (χ3n) is 7.52. The van der Waals surface area contributed by atoms with Crippen LogP contribution in [0.25, 0.3) is 0 Å². The second kappa shape index (κ2) is 12.1. The lowest BCUT2D eigenvalue weighted by molar-refractivity contribution is -0.138. The number of carboxylic acids is 1. The minimum absolute atomic E-state index is 0.0823. The van der Waals surface area contributed by atoms with E-state index in [1.54, 1.807) is 11.1 Å². The lowest BCUT2D eigenvalue weighted by atomic mass is 9.77. The van der Waals surface area contributed by atoms with Gasteiger partial charge in [-0.05, 0) is 80.2 Å². The number of hydrogen-bond donors (Lipinski definition) is 3. The van der Waals surface area contributed by atoms with E-state index in [-0.39, 0.29) is 42.1 Å². The fraction of sp³-hybridized carbons (Fsp3) is 0.414. The standard InChI is InChI=1S/C29H34N6O4/c30-26-25-27(34-29(33-26)32-15-3-5-22-4-1-2-14-31-22)39-17-16-35(28(25)38)23-12-10-21(11-13-23)20-8-6-19(7-9-20)18-24(36)37/h1-2,4,10-14,19-20H,3,5-9,15-18H2,(H,36,37)(H3,30,32,33,34)/t19-,20-. The number of ether oxygens (including phenoxy) is 1. The van der Waals surface area contributed by atoms with Crippen molar-refractivity contribution in [2.45, 2.75) is 50.9 Å². The first-order valence-electron chi connectivity index (χ1n) is 13.6. The molecule has 3 heterocycles. The second-order valence-corrected chi connectivity index (χ2v) is 10.2. The minimum atomic E-state index is -0.717. The van der Waals surface area contributed by atoms with Crippen molar-refractivity contribution in [1.29, 1.82) is 0 Å². The highest BCUT2D eigenvalue weighted by atomic mass is 16.5. The zero-order valence-electron chi connectivity index (χ0n) is 21.9. The van der Waals surface area contributed by atoms with Gasteiger partial charge in [-0.3, -0.25) is 14.6 Å². The molecule has 0 spiro atoms. The second-order valence-electron chi connectivity index (χ2n) is 10.2. The maximum atomic E-state index is 13.5. The number of amides is 1. The first kappa shape index (κ1) is 26.4. The number of anilines is 3. The van der Waals surface area contributed by atoms with Crippen LogP contribution in [0.4, 0.5) is 17.5 Å². The van der Waals surface area contributed by atoms with Crippen molar-refractivity contribution in [2.24, 2.45) is 5.92 Å². The Kier molecular flexibility index (Phi) is 8.19. The fourth-order valence-corrected chi connectivity index (χ4v) is 5.45. The Bertz CT molecular complexity index is 1290. The minimum Gasteiger partial charge on any atom is -0.481 e. The quantitative estimate of drug-likeness (QED) is 0.345. The van der Waals surface area contributed by atoms with Crippen molar-refractivity contribution < 1.29 is 19.4 Å². The van der Waals surface area contributed by atoms with Gasteiger partial charge < -0.3 is 25.8 Å². The number of benzene rings is 1. The Balaban J connectivity index is 1.22. The van der Waals surface area contributed by atoms with Gasteiger partial charge in [0.25, 0.3) is 5.91 Å². The number of nitrogens with one attached hydrogen (secondary N) is 1. The monoisotopic (exact) mass is 530 g/mol. The van der Waals surface area contributed by atoms with E-state index in [0.29, 0.717) is 25.0 Å². The molecule has 10 heteroatoms. The summed E-state index contributed by atoms with van der Waals surface area (Å²) in [5.41, 5.74) is 9.40. The summed E-state index contributed by atoms with van der Waals surface area (Å²) in [6.07, 6.45) is 7.51. The maximum absolute atomic E-state index is 13.5. The van der Waals surface area contributed by atoms with Gasteiger partial charge in [0, 0.05) is 30.5 Å². The van der Waals surface area contributed by atoms with Crippen LogP contribution >= 0.6 is 0 Å². The fourth-order valence-electron chi connectivity index (χ4n) is 5.45. The van der Waals surface area contributed by atoms with Crippen LogP contribution in [-0.4, -0.2) is 51.6 Å². The van der Waals surface area contributed by atoms with Gasteiger partial charge in [0.1, 0.15) is 18.0 Å². The van der Waals surface area contributed by atoms with Gasteiger partial charge in [0.05, 0.1) is 6.54 Å². The maximum Gasteiger partial charge on any atom is 0.303 e. The molecule has 1 aliphatic heterocycles. The molecular formula is C29H34N6O4. The number of carbonyl (C=O) groups excluding carboxylic acids is 1. The van der Waals surface area contributed by atoms with Crippen molar-refractivity contribution in [3.8, 4) is 5.88 Å². The number of aryl methyl sites for hydroxylation is 1. The number of carboxylic acid groups (broad SMARTS) is 1. The van der Waals surface area contributed by atoms with E-state index < -0.39 is 5.97 Å². The molecule has 3 aromatic rings. The van der Waals surface area contributed by atoms with Crippen LogP contribution in [-0.2, 0) is 11.2 Å². The number of rotatable bonds is 9. The smallest absolute Gasteiger partial charge is 0.303 e. The predicted octanol–water partition coefficient (Wildman–Crippen LogP) is 4.29. The molecule has 0 bridgehead atoms. The van der Waals surface area contributed by atoms with Crippen molar-refractivity contribution in [2.75, 3.05) is 35.6 Å². The number of fused-ring (bicyclic) bond motifs is 1. The summed E-state index contributed by atoms with van der Waals surface area (Å²) in [5.74, 6) is 0.274. The van der Waals surface area contributed by atoms with Gasteiger partial charge in [-0.25, -0.2) is 0 Å². The summed E-state index contributed by atoms with van der Waals surface area (Å²) in [5, 5.41) is 12.2. The molecule has 0 saturated heterocycles. The number of carbonyl (C=O) groups is 2. The van der Waals surface area contributed by atoms with Crippen molar-refractivity contribution in [3.05, 3.63) is 65.5 Å². The predicted molar refractivity (Wildman–Crippen MR) is 148 cm³/mol. The van der Waals surface area contributed by atoms with Gasteiger partial charge in [-0.1, -0.05) is 18.2 Å². The molecule has 1 amide bonds. The normalized spacial score (nSPS) is 19.1. The molecule has 1 fully saturated rings. The summed E-state index contributed by atoms with van der Waals surface area (Å²) in [6, 6.07) is 13.9. The highest BCUT2D eigenvalue weighted by Crippen LogP contribution is 2.38. The molecule has 2 aromatic heterocycles. The van der Waals surface area contributed by atoms with Crippen molar-refractivity contribution in [3.63, 3.8) is 0 Å². The molecule has 1 aliphatic carbocycles. The van der Waals surface area contributed by atoms with E-state index >= 15 is 0 Å². The average molecular weight is 531 g/mol. The van der Waals surface area contributed by atoms with Crippen molar-refractivity contribution >= 4 is 29.3 Å². The summed E-state index contributed by atoms with van der Waals surface area (Å²) in [4.78, 5) is 39.3. The number of aromatic nitrogens is 3. The number of nitrogens with zero attached hydrogens (tertiary/aromatic N) is 4. The Morgan fingerprint density at radius 2 is 1.90 bits per heavy atom. The molecule has 39 heavy (non-hydrogen) atoms. The highest BCUT2D eigenvalue weighted by Gasteiger charge is 2.30. The lowest BCUT2D eigenvalue weighted by Gasteiger charge is -2.28. The van der Waals surface area contributed by atoms with Crippen LogP contribution in [0, 0.1) is 5.92 Å². The number of nitrogens with two attached hydrogens (primary N) is 1. The average Bonchev–Trinajstić information content (AvgIpc) is 3.10. The summed E-state index contributed by atoms with van der Waals surface area (Å²) >= 11 is 0.